The first-order chi connectivity index (χ1) is 8.72. The van der Waals surface area contributed by atoms with Crippen LogP contribution in [0.3, 0.4) is 0 Å². The third-order valence-corrected chi connectivity index (χ3v) is 2.69. The van der Waals surface area contributed by atoms with Crippen LogP contribution in [-0.2, 0) is 11.2 Å². The molecule has 0 aliphatic carbocycles. The number of hydrogen-bond acceptors (Lipinski definition) is 5. The fourth-order valence-electron chi connectivity index (χ4n) is 1.67. The molecule has 0 saturated heterocycles. The highest BCUT2D eigenvalue weighted by Gasteiger charge is 2.13. The first-order valence-corrected chi connectivity index (χ1v) is 5.83. The normalized spacial score (nSPS) is 10.8. The second-order valence-electron chi connectivity index (χ2n) is 4.08. The molecule has 0 unspecified atom stereocenters. The number of phenols is 1. The Morgan fingerprint density at radius 2 is 2.22 bits per heavy atom. The van der Waals surface area contributed by atoms with Crippen LogP contribution in [0.2, 0.25) is 0 Å². The highest BCUT2D eigenvalue weighted by molar-refractivity contribution is 5.64. The number of aromatic nitrogens is 2. The number of aromatic hydroxyl groups is 1. The summed E-state index contributed by atoms with van der Waals surface area (Å²) in [6.45, 7) is 2.49. The van der Waals surface area contributed by atoms with Crippen molar-refractivity contribution in [1.29, 1.82) is 0 Å². The molecule has 0 bridgehead atoms. The maximum absolute atomic E-state index is 9.93. The summed E-state index contributed by atoms with van der Waals surface area (Å²) in [7, 11) is 1.66. The molecule has 0 aliphatic rings. The second-order valence-corrected chi connectivity index (χ2v) is 4.08. The van der Waals surface area contributed by atoms with Gasteiger partial charge in [0.2, 0.25) is 0 Å². The van der Waals surface area contributed by atoms with Crippen molar-refractivity contribution in [3.8, 4) is 17.2 Å². The van der Waals surface area contributed by atoms with Crippen molar-refractivity contribution < 1.29 is 14.4 Å². The highest BCUT2D eigenvalue weighted by Crippen LogP contribution is 2.30. The van der Waals surface area contributed by atoms with Crippen LogP contribution < -0.4 is 0 Å². The molecule has 0 atom stereocenters. The van der Waals surface area contributed by atoms with Crippen LogP contribution in [0.4, 0.5) is 0 Å². The number of phenolic OH excluding ortho intramolecular Hbond substituents is 1. The topological polar surface area (TPSA) is 68.4 Å². The standard InChI is InChI=1S/C13H16N2O3/c1-9-5-3-6-10(12(9)16)13-14-11(15-18-13)7-4-8-17-2/h3,5-6,16H,4,7-8H2,1-2H3. The Balaban J connectivity index is 2.16. The number of hydrogen-bond donors (Lipinski definition) is 1. The van der Waals surface area contributed by atoms with Crippen molar-refractivity contribution in [3.63, 3.8) is 0 Å². The number of ether oxygens (including phenoxy) is 1. The molecular weight excluding hydrogens is 232 g/mol. The molecule has 0 fully saturated rings. The van der Waals surface area contributed by atoms with E-state index in [0.29, 0.717) is 30.3 Å². The van der Waals surface area contributed by atoms with Crippen molar-refractivity contribution in [3.05, 3.63) is 29.6 Å². The van der Waals surface area contributed by atoms with E-state index in [0.717, 1.165) is 12.0 Å². The Morgan fingerprint density at radius 3 is 3.00 bits per heavy atom. The van der Waals surface area contributed by atoms with Gasteiger partial charge in [0.25, 0.3) is 5.89 Å². The third kappa shape index (κ3) is 2.68. The summed E-state index contributed by atoms with van der Waals surface area (Å²) in [5.41, 5.74) is 1.35. The Bertz CT molecular complexity index is 523. The number of nitrogens with zero attached hydrogens (tertiary/aromatic N) is 2. The SMILES string of the molecule is COCCCc1noc(-c2cccc(C)c2O)n1. The average molecular weight is 248 g/mol. The van der Waals surface area contributed by atoms with E-state index < -0.39 is 0 Å². The summed E-state index contributed by atoms with van der Waals surface area (Å²) < 4.78 is 10.1. The van der Waals surface area contributed by atoms with Crippen LogP contribution in [-0.4, -0.2) is 29.0 Å². The van der Waals surface area contributed by atoms with Crippen molar-refractivity contribution in [2.24, 2.45) is 0 Å². The molecule has 1 aromatic heterocycles. The van der Waals surface area contributed by atoms with Gasteiger partial charge in [0.05, 0.1) is 5.56 Å². The molecule has 2 rings (SSSR count). The fraction of sp³-hybridized carbons (Fsp3) is 0.385. The van der Waals surface area contributed by atoms with Crippen LogP contribution >= 0.6 is 0 Å². The van der Waals surface area contributed by atoms with Gasteiger partial charge in [-0.2, -0.15) is 4.98 Å². The minimum atomic E-state index is 0.185. The lowest BCUT2D eigenvalue weighted by molar-refractivity contribution is 0.194. The molecule has 5 nitrogen and oxygen atoms in total. The largest absolute Gasteiger partial charge is 0.507 e. The highest BCUT2D eigenvalue weighted by atomic mass is 16.5. The molecule has 2 aromatic rings. The maximum Gasteiger partial charge on any atom is 0.261 e. The van der Waals surface area contributed by atoms with Gasteiger partial charge in [-0.25, -0.2) is 0 Å². The summed E-state index contributed by atoms with van der Waals surface area (Å²) in [5.74, 6) is 1.16. The van der Waals surface area contributed by atoms with Gasteiger partial charge < -0.3 is 14.4 Å². The predicted octanol–water partition coefficient (Wildman–Crippen LogP) is 2.33. The van der Waals surface area contributed by atoms with Gasteiger partial charge in [-0.15, -0.1) is 0 Å². The van der Waals surface area contributed by atoms with Crippen LogP contribution in [0.25, 0.3) is 11.5 Å². The maximum atomic E-state index is 9.93. The number of rotatable bonds is 5. The van der Waals surface area contributed by atoms with Gasteiger partial charge >= 0.3 is 0 Å². The minimum Gasteiger partial charge on any atom is -0.507 e. The quantitative estimate of drug-likeness (QED) is 0.822. The van der Waals surface area contributed by atoms with Crippen LogP contribution in [0, 0.1) is 6.92 Å². The first-order valence-electron chi connectivity index (χ1n) is 5.83. The van der Waals surface area contributed by atoms with Gasteiger partial charge in [-0.3, -0.25) is 0 Å². The van der Waals surface area contributed by atoms with E-state index in [4.69, 9.17) is 9.26 Å². The molecule has 1 N–H and O–H groups in total. The molecule has 0 amide bonds. The summed E-state index contributed by atoms with van der Waals surface area (Å²) in [6, 6.07) is 5.43. The molecule has 0 aliphatic heterocycles. The van der Waals surface area contributed by atoms with Crippen LogP contribution in [0.1, 0.15) is 17.8 Å². The zero-order chi connectivity index (χ0) is 13.0. The zero-order valence-electron chi connectivity index (χ0n) is 10.5. The molecule has 1 heterocycles. The zero-order valence-corrected chi connectivity index (χ0v) is 10.5. The van der Waals surface area contributed by atoms with Crippen LogP contribution in [0.15, 0.2) is 22.7 Å². The van der Waals surface area contributed by atoms with E-state index in [1.165, 1.54) is 0 Å². The Labute approximate surface area is 105 Å². The molecule has 0 saturated carbocycles. The molecule has 0 radical (unpaired) electrons. The molecular formula is C13H16N2O3. The Hall–Kier alpha value is -1.88. The number of aryl methyl sites for hydroxylation is 2. The number of methoxy groups -OCH3 is 1. The molecule has 1 aromatic carbocycles. The summed E-state index contributed by atoms with van der Waals surface area (Å²) in [6.07, 6.45) is 1.54. The lowest BCUT2D eigenvalue weighted by Gasteiger charge is -2.01. The summed E-state index contributed by atoms with van der Waals surface area (Å²) in [5, 5.41) is 13.8. The van der Waals surface area contributed by atoms with Crippen molar-refractivity contribution >= 4 is 0 Å². The summed E-state index contributed by atoms with van der Waals surface area (Å²) >= 11 is 0. The van der Waals surface area contributed by atoms with E-state index in [9.17, 15) is 5.11 Å². The van der Waals surface area contributed by atoms with E-state index in [2.05, 4.69) is 10.1 Å². The molecule has 0 spiro atoms. The van der Waals surface area contributed by atoms with Crippen molar-refractivity contribution in [2.75, 3.05) is 13.7 Å². The smallest absolute Gasteiger partial charge is 0.261 e. The monoisotopic (exact) mass is 248 g/mol. The molecule has 5 heteroatoms. The molecule has 96 valence electrons. The average Bonchev–Trinajstić information content (AvgIpc) is 2.82. The lowest BCUT2D eigenvalue weighted by Crippen LogP contribution is -1.94. The summed E-state index contributed by atoms with van der Waals surface area (Å²) in [4.78, 5) is 4.26. The first kappa shape index (κ1) is 12.6. The fourth-order valence-corrected chi connectivity index (χ4v) is 1.67. The second kappa shape index (κ2) is 5.64. The van der Waals surface area contributed by atoms with Crippen LogP contribution in [0.5, 0.6) is 5.75 Å². The van der Waals surface area contributed by atoms with Gasteiger partial charge in [0.15, 0.2) is 5.82 Å². The number of para-hydroxylation sites is 1. The van der Waals surface area contributed by atoms with Crippen molar-refractivity contribution in [1.82, 2.24) is 10.1 Å². The van der Waals surface area contributed by atoms with Gasteiger partial charge in [-0.05, 0) is 25.0 Å². The lowest BCUT2D eigenvalue weighted by atomic mass is 10.1. The molecule has 18 heavy (non-hydrogen) atoms. The van der Waals surface area contributed by atoms with Crippen molar-refractivity contribution in [2.45, 2.75) is 19.8 Å². The minimum absolute atomic E-state index is 0.185. The van der Waals surface area contributed by atoms with Gasteiger partial charge in [0, 0.05) is 20.1 Å². The Morgan fingerprint density at radius 1 is 1.39 bits per heavy atom. The predicted molar refractivity (Wildman–Crippen MR) is 66.3 cm³/mol. The van der Waals surface area contributed by atoms with E-state index in [1.54, 1.807) is 13.2 Å². The Kier molecular flexibility index (Phi) is 3.94. The van der Waals surface area contributed by atoms with Gasteiger partial charge in [-0.1, -0.05) is 17.3 Å². The van der Waals surface area contributed by atoms with E-state index in [1.807, 2.05) is 19.1 Å². The number of benzene rings is 1. The van der Waals surface area contributed by atoms with E-state index in [-0.39, 0.29) is 5.75 Å². The third-order valence-electron chi connectivity index (χ3n) is 2.69. The van der Waals surface area contributed by atoms with E-state index >= 15 is 0 Å². The van der Waals surface area contributed by atoms with Gasteiger partial charge in [0.1, 0.15) is 5.75 Å².